The van der Waals surface area contributed by atoms with Crippen molar-refractivity contribution in [2.45, 2.75) is 29.7 Å². The molecule has 0 bridgehead atoms. The standard InChI is InChI=1S/C35H29N3O6S2/c1-19-8-13-24(14-9-19)38-32(40)29-28(22-11-15-25(43-2)26(17-22)44-3)31-34(45-30(29)33(38)41)37(35(42)46-31)18-27(39)36-23-12-10-20-6-4-5-7-21(20)16-23/h4-17,28-30H,18H2,1-3H3,(H,36,39)/t28-,29?,30?/m1/s1. The fraction of sp³-hybridized carbons (Fsp3) is 0.200. The molecule has 7 rings (SSSR count). The van der Waals surface area contributed by atoms with E-state index >= 15 is 0 Å². The number of ether oxygens (including phenoxy) is 2. The van der Waals surface area contributed by atoms with Gasteiger partial charge in [-0.3, -0.25) is 23.7 Å². The van der Waals surface area contributed by atoms with E-state index in [1.54, 1.807) is 24.3 Å². The Kier molecular flexibility index (Phi) is 7.66. The molecule has 3 amide bonds. The van der Waals surface area contributed by atoms with Gasteiger partial charge in [-0.1, -0.05) is 77.2 Å². The molecule has 1 aromatic heterocycles. The summed E-state index contributed by atoms with van der Waals surface area (Å²) in [6.45, 7) is 1.69. The van der Waals surface area contributed by atoms with Crippen molar-refractivity contribution in [3.05, 3.63) is 111 Å². The number of fused-ring (bicyclic) bond motifs is 3. The molecule has 5 aromatic rings. The van der Waals surface area contributed by atoms with E-state index in [1.165, 1.54) is 35.4 Å². The molecule has 1 fully saturated rings. The highest BCUT2D eigenvalue weighted by Gasteiger charge is 2.57. The first-order valence-electron chi connectivity index (χ1n) is 14.6. The van der Waals surface area contributed by atoms with Crippen molar-refractivity contribution in [3.63, 3.8) is 0 Å². The van der Waals surface area contributed by atoms with E-state index in [-0.39, 0.29) is 29.1 Å². The molecule has 1 N–H and O–H groups in total. The second-order valence-corrected chi connectivity index (χ2v) is 13.4. The second kappa shape index (κ2) is 11.8. The van der Waals surface area contributed by atoms with Crippen molar-refractivity contribution in [1.82, 2.24) is 4.57 Å². The fourth-order valence-corrected chi connectivity index (χ4v) is 8.99. The molecule has 3 atom stereocenters. The van der Waals surface area contributed by atoms with Crippen molar-refractivity contribution in [2.24, 2.45) is 5.92 Å². The number of carbonyl (C=O) groups is 3. The van der Waals surface area contributed by atoms with Crippen LogP contribution in [0.2, 0.25) is 0 Å². The van der Waals surface area contributed by atoms with Gasteiger partial charge in [0.25, 0.3) is 0 Å². The minimum Gasteiger partial charge on any atom is -0.493 e. The van der Waals surface area contributed by atoms with Crippen LogP contribution in [0.1, 0.15) is 21.9 Å². The summed E-state index contributed by atoms with van der Waals surface area (Å²) in [5, 5.41) is 4.64. The lowest BCUT2D eigenvalue weighted by Gasteiger charge is -2.31. The van der Waals surface area contributed by atoms with E-state index in [2.05, 4.69) is 5.32 Å². The maximum Gasteiger partial charge on any atom is 0.308 e. The molecule has 3 heterocycles. The van der Waals surface area contributed by atoms with Gasteiger partial charge in [0.1, 0.15) is 11.8 Å². The number of nitrogens with zero attached hydrogens (tertiary/aromatic N) is 2. The molecule has 11 heteroatoms. The van der Waals surface area contributed by atoms with Gasteiger partial charge in [0.2, 0.25) is 17.7 Å². The van der Waals surface area contributed by atoms with Crippen LogP contribution in [0.15, 0.2) is 94.7 Å². The van der Waals surface area contributed by atoms with Crippen molar-refractivity contribution in [2.75, 3.05) is 24.4 Å². The second-order valence-electron chi connectivity index (χ2n) is 11.2. The number of rotatable bonds is 7. The molecule has 46 heavy (non-hydrogen) atoms. The smallest absolute Gasteiger partial charge is 0.308 e. The van der Waals surface area contributed by atoms with Crippen LogP contribution >= 0.6 is 23.1 Å². The van der Waals surface area contributed by atoms with Gasteiger partial charge in [-0.25, -0.2) is 4.90 Å². The number of aromatic nitrogens is 1. The number of carbonyl (C=O) groups excluding carboxylic acids is 3. The molecule has 2 unspecified atom stereocenters. The largest absolute Gasteiger partial charge is 0.493 e. The van der Waals surface area contributed by atoms with Crippen LogP contribution in [-0.2, 0) is 20.9 Å². The number of thioether (sulfide) groups is 1. The van der Waals surface area contributed by atoms with Crippen LogP contribution in [-0.4, -0.2) is 41.8 Å². The highest BCUT2D eigenvalue weighted by Crippen LogP contribution is 2.54. The zero-order chi connectivity index (χ0) is 32.1. The predicted octanol–water partition coefficient (Wildman–Crippen LogP) is 5.82. The van der Waals surface area contributed by atoms with Crippen LogP contribution in [0.3, 0.4) is 0 Å². The zero-order valence-electron chi connectivity index (χ0n) is 25.2. The first-order valence-corrected chi connectivity index (χ1v) is 16.3. The Morgan fingerprint density at radius 3 is 2.33 bits per heavy atom. The van der Waals surface area contributed by atoms with Gasteiger partial charge in [0, 0.05) is 16.5 Å². The van der Waals surface area contributed by atoms with Crippen molar-refractivity contribution < 1.29 is 23.9 Å². The summed E-state index contributed by atoms with van der Waals surface area (Å²) in [4.78, 5) is 56.6. The van der Waals surface area contributed by atoms with Gasteiger partial charge in [-0.05, 0) is 59.7 Å². The van der Waals surface area contributed by atoms with E-state index in [0.717, 1.165) is 27.7 Å². The van der Waals surface area contributed by atoms with Gasteiger partial charge in [0.15, 0.2) is 11.5 Å². The summed E-state index contributed by atoms with van der Waals surface area (Å²) >= 11 is 2.18. The number of imide groups is 1. The van der Waals surface area contributed by atoms with Gasteiger partial charge >= 0.3 is 4.87 Å². The molecule has 0 spiro atoms. The average Bonchev–Trinajstić information content (AvgIpc) is 3.50. The summed E-state index contributed by atoms with van der Waals surface area (Å²) in [6.07, 6.45) is 0. The number of hydrogen-bond donors (Lipinski definition) is 1. The molecule has 2 aliphatic rings. The first kappa shape index (κ1) is 29.8. The Morgan fingerprint density at radius 2 is 1.59 bits per heavy atom. The number of benzene rings is 4. The molecule has 9 nitrogen and oxygen atoms in total. The number of thiazole rings is 1. The molecule has 1 saturated heterocycles. The molecule has 4 aromatic carbocycles. The average molecular weight is 652 g/mol. The lowest BCUT2D eigenvalue weighted by molar-refractivity contribution is -0.122. The highest BCUT2D eigenvalue weighted by atomic mass is 32.2. The van der Waals surface area contributed by atoms with E-state index in [9.17, 15) is 19.2 Å². The topological polar surface area (TPSA) is 107 Å². The fourth-order valence-electron chi connectivity index (χ4n) is 6.22. The molecule has 0 radical (unpaired) electrons. The van der Waals surface area contributed by atoms with Crippen LogP contribution in [0.25, 0.3) is 10.8 Å². The maximum absolute atomic E-state index is 14.2. The normalized spacial score (nSPS) is 18.8. The Hall–Kier alpha value is -4.87. The maximum atomic E-state index is 14.2. The zero-order valence-corrected chi connectivity index (χ0v) is 26.8. The Labute approximate surface area is 272 Å². The summed E-state index contributed by atoms with van der Waals surface area (Å²) in [5.74, 6) is -1.50. The minimum atomic E-state index is -0.803. The third kappa shape index (κ3) is 5.05. The van der Waals surface area contributed by atoms with Crippen LogP contribution in [0.4, 0.5) is 11.4 Å². The van der Waals surface area contributed by atoms with Crippen molar-refractivity contribution in [1.29, 1.82) is 0 Å². The minimum absolute atomic E-state index is 0.246. The Balaban J connectivity index is 1.28. The van der Waals surface area contributed by atoms with Gasteiger partial charge in [0.05, 0.1) is 30.9 Å². The van der Waals surface area contributed by atoms with E-state index in [4.69, 9.17) is 9.47 Å². The Bertz CT molecular complexity index is 2090. The van der Waals surface area contributed by atoms with E-state index in [1.807, 2.05) is 67.6 Å². The van der Waals surface area contributed by atoms with Crippen LogP contribution in [0, 0.1) is 12.8 Å². The lowest BCUT2D eigenvalue weighted by Crippen LogP contribution is -2.33. The third-order valence-electron chi connectivity index (χ3n) is 8.44. The number of aryl methyl sites for hydroxylation is 1. The quantitative estimate of drug-likeness (QED) is 0.221. The highest BCUT2D eigenvalue weighted by molar-refractivity contribution is 8.00. The molecule has 232 valence electrons. The predicted molar refractivity (Wildman–Crippen MR) is 179 cm³/mol. The van der Waals surface area contributed by atoms with Gasteiger partial charge in [-0.15, -0.1) is 0 Å². The Morgan fingerprint density at radius 1 is 0.848 bits per heavy atom. The summed E-state index contributed by atoms with van der Waals surface area (Å²) in [7, 11) is 3.06. The van der Waals surface area contributed by atoms with Gasteiger partial charge in [-0.2, -0.15) is 0 Å². The summed E-state index contributed by atoms with van der Waals surface area (Å²) in [6, 6.07) is 26.1. The monoisotopic (exact) mass is 651 g/mol. The van der Waals surface area contributed by atoms with Gasteiger partial charge < -0.3 is 14.8 Å². The molecular weight excluding hydrogens is 623 g/mol. The van der Waals surface area contributed by atoms with E-state index in [0.29, 0.717) is 38.3 Å². The lowest BCUT2D eigenvalue weighted by atomic mass is 9.83. The van der Waals surface area contributed by atoms with Crippen LogP contribution in [0.5, 0.6) is 11.5 Å². The number of nitrogens with one attached hydrogen (secondary N) is 1. The first-order chi connectivity index (χ1) is 22.3. The molecule has 2 aliphatic heterocycles. The number of methoxy groups -OCH3 is 2. The van der Waals surface area contributed by atoms with E-state index < -0.39 is 17.1 Å². The molecule has 0 aliphatic carbocycles. The molecular formula is C35H29N3O6S2. The SMILES string of the molecule is COc1ccc([C@H]2c3sc(=O)n(CC(=O)Nc4ccc5ccccc5c4)c3SC3C(=O)N(c4ccc(C)cc4)C(=O)C32)cc1OC. The van der Waals surface area contributed by atoms with Crippen LogP contribution < -0.4 is 24.6 Å². The number of amides is 3. The number of hydrogen-bond acceptors (Lipinski definition) is 8. The molecule has 0 saturated carbocycles. The third-order valence-corrected chi connectivity index (χ3v) is 11.0. The van der Waals surface area contributed by atoms with Crippen molar-refractivity contribution >= 4 is 63.0 Å². The number of anilines is 2. The van der Waals surface area contributed by atoms with Crippen molar-refractivity contribution in [3.8, 4) is 11.5 Å². The summed E-state index contributed by atoms with van der Waals surface area (Å²) < 4.78 is 12.4. The summed E-state index contributed by atoms with van der Waals surface area (Å²) in [5.41, 5.74) is 2.82.